The molecule has 1 aliphatic rings. The van der Waals surface area contributed by atoms with Gasteiger partial charge in [0.1, 0.15) is 12.3 Å². The molecule has 2 aromatic heterocycles. The van der Waals surface area contributed by atoms with Gasteiger partial charge in [0.15, 0.2) is 17.2 Å². The summed E-state index contributed by atoms with van der Waals surface area (Å²) in [5.74, 6) is -0.658. The third-order valence-electron chi connectivity index (χ3n) is 6.67. The standard InChI is InChI=1S/C30H27FN6O2/c31-26-17-22(9-10-28(26)39-20-21-5-2-1-3-6-21)25-19-33-37-14-11-27(35-29(25)37)30(38)34-23-7-4-8-24(18-23)36-15-12-32-13-16-36/h1-11,14,17-19,32H,12-13,15-16,20H2,(H,34,38). The van der Waals surface area contributed by atoms with Crippen molar-refractivity contribution >= 4 is 22.9 Å². The van der Waals surface area contributed by atoms with E-state index < -0.39 is 5.82 Å². The molecular weight excluding hydrogens is 495 g/mol. The second-order valence-corrected chi connectivity index (χ2v) is 9.30. The smallest absolute Gasteiger partial charge is 0.274 e. The Bertz CT molecular complexity index is 1610. The molecule has 9 heteroatoms. The third kappa shape index (κ3) is 5.44. The topological polar surface area (TPSA) is 83.8 Å². The van der Waals surface area contributed by atoms with Crippen molar-refractivity contribution in [2.75, 3.05) is 36.4 Å². The van der Waals surface area contributed by atoms with Gasteiger partial charge in [-0.1, -0.05) is 42.5 Å². The summed E-state index contributed by atoms with van der Waals surface area (Å²) in [5, 5.41) is 10.6. The predicted molar refractivity (Wildman–Crippen MR) is 149 cm³/mol. The van der Waals surface area contributed by atoms with E-state index >= 15 is 0 Å². The Morgan fingerprint density at radius 3 is 2.67 bits per heavy atom. The molecule has 1 saturated heterocycles. The van der Waals surface area contributed by atoms with Crippen molar-refractivity contribution in [2.45, 2.75) is 6.61 Å². The average molecular weight is 523 g/mol. The van der Waals surface area contributed by atoms with Crippen LogP contribution in [-0.2, 0) is 6.61 Å². The van der Waals surface area contributed by atoms with Crippen LogP contribution in [0.25, 0.3) is 16.8 Å². The number of carbonyl (C=O) groups is 1. The van der Waals surface area contributed by atoms with Crippen LogP contribution in [-0.4, -0.2) is 46.7 Å². The fraction of sp³-hybridized carbons (Fsp3) is 0.167. The van der Waals surface area contributed by atoms with Gasteiger partial charge in [0.25, 0.3) is 5.91 Å². The molecule has 0 saturated carbocycles. The maximum atomic E-state index is 14.9. The highest BCUT2D eigenvalue weighted by Gasteiger charge is 2.16. The SMILES string of the molecule is O=C(Nc1cccc(N2CCNCC2)c1)c1ccn2ncc(-c3ccc(OCc4ccccc4)c(F)c3)c2n1. The van der Waals surface area contributed by atoms with Gasteiger partial charge in [-0.25, -0.2) is 13.9 Å². The molecule has 0 aliphatic carbocycles. The number of halogens is 1. The Morgan fingerprint density at radius 1 is 1.00 bits per heavy atom. The van der Waals surface area contributed by atoms with Crippen molar-refractivity contribution in [1.29, 1.82) is 0 Å². The molecule has 0 radical (unpaired) electrons. The highest BCUT2D eigenvalue weighted by atomic mass is 19.1. The van der Waals surface area contributed by atoms with Gasteiger partial charge in [-0.3, -0.25) is 4.79 Å². The normalized spacial score (nSPS) is 13.4. The second kappa shape index (κ2) is 10.9. The number of fused-ring (bicyclic) bond motifs is 1. The maximum Gasteiger partial charge on any atom is 0.274 e. The molecule has 6 rings (SSSR count). The van der Waals surface area contributed by atoms with Crippen molar-refractivity contribution in [3.8, 4) is 16.9 Å². The van der Waals surface area contributed by atoms with E-state index in [2.05, 4.69) is 25.6 Å². The zero-order valence-electron chi connectivity index (χ0n) is 21.2. The molecule has 8 nitrogen and oxygen atoms in total. The van der Waals surface area contributed by atoms with Crippen LogP contribution in [0.2, 0.25) is 0 Å². The van der Waals surface area contributed by atoms with E-state index in [1.54, 1.807) is 35.1 Å². The second-order valence-electron chi connectivity index (χ2n) is 9.30. The number of nitrogens with one attached hydrogen (secondary N) is 2. The van der Waals surface area contributed by atoms with Crippen LogP contribution < -0.4 is 20.3 Å². The van der Waals surface area contributed by atoms with E-state index in [-0.39, 0.29) is 24.0 Å². The number of piperazine rings is 1. The highest BCUT2D eigenvalue weighted by molar-refractivity contribution is 6.03. The van der Waals surface area contributed by atoms with Crippen LogP contribution in [0.4, 0.5) is 15.8 Å². The largest absolute Gasteiger partial charge is 0.486 e. The summed E-state index contributed by atoms with van der Waals surface area (Å²) < 4.78 is 22.1. The lowest BCUT2D eigenvalue weighted by Crippen LogP contribution is -2.43. The first-order valence-electron chi connectivity index (χ1n) is 12.8. The minimum Gasteiger partial charge on any atom is -0.486 e. The maximum absolute atomic E-state index is 14.9. The van der Waals surface area contributed by atoms with E-state index in [9.17, 15) is 9.18 Å². The summed E-state index contributed by atoms with van der Waals surface area (Å²) in [5.41, 5.74) is 4.60. The lowest BCUT2D eigenvalue weighted by molar-refractivity contribution is 0.102. The summed E-state index contributed by atoms with van der Waals surface area (Å²) in [6, 6.07) is 23.8. The molecule has 1 fully saturated rings. The Morgan fingerprint density at radius 2 is 1.85 bits per heavy atom. The number of carbonyl (C=O) groups excluding carboxylic acids is 1. The first-order chi connectivity index (χ1) is 19.1. The highest BCUT2D eigenvalue weighted by Crippen LogP contribution is 2.29. The van der Waals surface area contributed by atoms with E-state index in [0.717, 1.165) is 37.4 Å². The third-order valence-corrected chi connectivity index (χ3v) is 6.67. The van der Waals surface area contributed by atoms with Gasteiger partial charge >= 0.3 is 0 Å². The molecule has 3 aromatic carbocycles. The molecule has 2 N–H and O–H groups in total. The van der Waals surface area contributed by atoms with Crippen LogP contribution in [0.1, 0.15) is 16.1 Å². The summed E-state index contributed by atoms with van der Waals surface area (Å²) >= 11 is 0. The number of nitrogens with zero attached hydrogens (tertiary/aromatic N) is 4. The van der Waals surface area contributed by atoms with E-state index in [1.807, 2.05) is 54.6 Å². The number of anilines is 2. The van der Waals surface area contributed by atoms with E-state index in [4.69, 9.17) is 4.74 Å². The molecular formula is C30H27FN6O2. The Balaban J connectivity index is 1.20. The van der Waals surface area contributed by atoms with Crippen molar-refractivity contribution < 1.29 is 13.9 Å². The van der Waals surface area contributed by atoms with Crippen LogP contribution in [0.15, 0.2) is 91.3 Å². The summed E-state index contributed by atoms with van der Waals surface area (Å²) in [6.45, 7) is 3.97. The van der Waals surface area contributed by atoms with Crippen molar-refractivity contribution in [3.63, 3.8) is 0 Å². The molecule has 196 valence electrons. The van der Waals surface area contributed by atoms with E-state index in [1.165, 1.54) is 6.07 Å². The van der Waals surface area contributed by atoms with Crippen molar-refractivity contribution in [2.24, 2.45) is 0 Å². The zero-order valence-corrected chi connectivity index (χ0v) is 21.2. The van der Waals surface area contributed by atoms with Crippen LogP contribution >= 0.6 is 0 Å². The van der Waals surface area contributed by atoms with Gasteiger partial charge in [0.05, 0.1) is 6.20 Å². The number of aromatic nitrogens is 3. The van der Waals surface area contributed by atoms with Crippen molar-refractivity contribution in [1.82, 2.24) is 19.9 Å². The molecule has 39 heavy (non-hydrogen) atoms. The molecule has 3 heterocycles. The zero-order chi connectivity index (χ0) is 26.6. The number of hydrogen-bond acceptors (Lipinski definition) is 6. The molecule has 1 amide bonds. The fourth-order valence-electron chi connectivity index (χ4n) is 4.62. The van der Waals surface area contributed by atoms with Gasteiger partial charge in [0, 0.05) is 49.3 Å². The van der Waals surface area contributed by atoms with Gasteiger partial charge in [-0.2, -0.15) is 5.10 Å². The molecule has 0 bridgehead atoms. The summed E-state index contributed by atoms with van der Waals surface area (Å²) in [7, 11) is 0. The van der Waals surface area contributed by atoms with Gasteiger partial charge in [0.2, 0.25) is 0 Å². The van der Waals surface area contributed by atoms with Crippen LogP contribution in [0.5, 0.6) is 5.75 Å². The lowest BCUT2D eigenvalue weighted by atomic mass is 10.1. The van der Waals surface area contributed by atoms with E-state index in [0.29, 0.717) is 22.5 Å². The summed E-state index contributed by atoms with van der Waals surface area (Å²) in [4.78, 5) is 19.9. The number of hydrogen-bond donors (Lipinski definition) is 2. The number of amides is 1. The molecule has 0 atom stereocenters. The number of ether oxygens (including phenoxy) is 1. The predicted octanol–water partition coefficient (Wildman–Crippen LogP) is 4.78. The Hall–Kier alpha value is -4.76. The molecule has 0 spiro atoms. The van der Waals surface area contributed by atoms with Crippen LogP contribution in [0, 0.1) is 5.82 Å². The first-order valence-corrected chi connectivity index (χ1v) is 12.8. The molecule has 5 aromatic rings. The molecule has 0 unspecified atom stereocenters. The van der Waals surface area contributed by atoms with Gasteiger partial charge in [-0.05, 0) is 47.5 Å². The quantitative estimate of drug-likeness (QED) is 0.320. The fourth-order valence-corrected chi connectivity index (χ4v) is 4.62. The lowest BCUT2D eigenvalue weighted by Gasteiger charge is -2.29. The van der Waals surface area contributed by atoms with Gasteiger partial charge < -0.3 is 20.3 Å². The monoisotopic (exact) mass is 522 g/mol. The van der Waals surface area contributed by atoms with Gasteiger partial charge in [-0.15, -0.1) is 0 Å². The minimum atomic E-state index is -0.485. The number of benzene rings is 3. The Labute approximate surface area is 225 Å². The van der Waals surface area contributed by atoms with Crippen LogP contribution in [0.3, 0.4) is 0 Å². The first kappa shape index (κ1) is 24.6. The average Bonchev–Trinajstić information content (AvgIpc) is 3.41. The summed E-state index contributed by atoms with van der Waals surface area (Å²) in [6.07, 6.45) is 3.28. The molecule has 1 aliphatic heterocycles. The van der Waals surface area contributed by atoms with Crippen molar-refractivity contribution in [3.05, 3.63) is 108 Å². The minimum absolute atomic E-state index is 0.162. The number of rotatable bonds is 7. The Kier molecular flexibility index (Phi) is 6.88.